The third-order valence-electron chi connectivity index (χ3n) is 1.64. The van der Waals surface area contributed by atoms with Gasteiger partial charge in [0.05, 0.1) is 21.7 Å². The summed E-state index contributed by atoms with van der Waals surface area (Å²) in [6.45, 7) is 0. The van der Waals surface area contributed by atoms with Crippen LogP contribution in [-0.4, -0.2) is 28.2 Å². The standard InChI is InChI=1S/C10H7B2IO2S/c1-14-9-4-2-3-8(7-9)5-6-10(11,12)15-16-13/h2-4,7H,1H3. The lowest BCUT2D eigenvalue weighted by Gasteiger charge is -2.15. The summed E-state index contributed by atoms with van der Waals surface area (Å²) in [5.41, 5.74) is 0.765. The highest BCUT2D eigenvalue weighted by molar-refractivity contribution is 14.2. The topological polar surface area (TPSA) is 18.5 Å². The molecule has 0 atom stereocenters. The van der Waals surface area contributed by atoms with Gasteiger partial charge in [0.25, 0.3) is 0 Å². The molecule has 0 aliphatic carbocycles. The fourth-order valence-electron chi connectivity index (χ4n) is 0.944. The van der Waals surface area contributed by atoms with Crippen molar-refractivity contribution < 1.29 is 8.92 Å². The van der Waals surface area contributed by atoms with Crippen LogP contribution in [0.15, 0.2) is 24.3 Å². The molecule has 0 unspecified atom stereocenters. The summed E-state index contributed by atoms with van der Waals surface area (Å²) in [6.07, 6.45) is 0. The van der Waals surface area contributed by atoms with Gasteiger partial charge >= 0.3 is 0 Å². The van der Waals surface area contributed by atoms with Crippen molar-refractivity contribution in [1.29, 1.82) is 0 Å². The van der Waals surface area contributed by atoms with E-state index in [1.807, 2.05) is 39.4 Å². The maximum Gasteiger partial charge on any atom is 0.120 e. The van der Waals surface area contributed by atoms with Gasteiger partial charge in [-0.05, 0) is 18.2 Å². The molecule has 78 valence electrons. The van der Waals surface area contributed by atoms with E-state index in [2.05, 4.69) is 11.8 Å². The Morgan fingerprint density at radius 1 is 1.44 bits per heavy atom. The fourth-order valence-corrected chi connectivity index (χ4v) is 1.98. The average Bonchev–Trinajstić information content (AvgIpc) is 2.27. The molecule has 1 aromatic carbocycles. The Hall–Kier alpha value is -0.250. The van der Waals surface area contributed by atoms with Crippen LogP contribution in [0, 0.1) is 11.8 Å². The molecule has 0 amide bonds. The lowest BCUT2D eigenvalue weighted by molar-refractivity contribution is 0.361. The van der Waals surface area contributed by atoms with Gasteiger partial charge in [-0.3, -0.25) is 0 Å². The monoisotopic (exact) mass is 340 g/mol. The summed E-state index contributed by atoms with van der Waals surface area (Å²) in [7, 11) is 13.8. The van der Waals surface area contributed by atoms with Crippen molar-refractivity contribution in [3.8, 4) is 17.6 Å². The molecule has 0 heterocycles. The van der Waals surface area contributed by atoms with Crippen molar-refractivity contribution in [1.82, 2.24) is 0 Å². The highest BCUT2D eigenvalue weighted by Crippen LogP contribution is 2.19. The van der Waals surface area contributed by atoms with Crippen LogP contribution in [0.2, 0.25) is 0 Å². The lowest BCUT2D eigenvalue weighted by Crippen LogP contribution is -2.28. The van der Waals surface area contributed by atoms with Crippen molar-refractivity contribution in [2.75, 3.05) is 7.11 Å². The van der Waals surface area contributed by atoms with Crippen molar-refractivity contribution in [3.63, 3.8) is 0 Å². The average molecular weight is 340 g/mol. The van der Waals surface area contributed by atoms with Crippen LogP contribution in [0.4, 0.5) is 0 Å². The van der Waals surface area contributed by atoms with Gasteiger partial charge in [-0.2, -0.15) is 0 Å². The molecule has 0 saturated carbocycles. The first-order valence-corrected chi connectivity index (χ1v) is 7.57. The predicted octanol–water partition coefficient (Wildman–Crippen LogP) is 2.05. The zero-order valence-electron chi connectivity index (χ0n) is 8.57. The highest BCUT2D eigenvalue weighted by atomic mass is 127. The van der Waals surface area contributed by atoms with Gasteiger partial charge in [-0.1, -0.05) is 17.9 Å². The maximum absolute atomic E-state index is 5.57. The Bertz CT molecular complexity index is 415. The number of hydrogen-bond donors (Lipinski definition) is 0. The second-order valence-electron chi connectivity index (χ2n) is 2.92. The smallest absolute Gasteiger partial charge is 0.120 e. The van der Waals surface area contributed by atoms with Crippen LogP contribution in [0.3, 0.4) is 0 Å². The van der Waals surface area contributed by atoms with Crippen LogP contribution in [-0.2, 0) is 4.18 Å². The summed E-state index contributed by atoms with van der Waals surface area (Å²) in [5, 5.41) is -1.45. The molecule has 16 heavy (non-hydrogen) atoms. The molecule has 6 heteroatoms. The van der Waals surface area contributed by atoms with Gasteiger partial charge in [-0.15, -0.1) is 0 Å². The van der Waals surface area contributed by atoms with Gasteiger partial charge in [0.2, 0.25) is 0 Å². The van der Waals surface area contributed by atoms with Crippen molar-refractivity contribution in [3.05, 3.63) is 29.8 Å². The van der Waals surface area contributed by atoms with Gasteiger partial charge < -0.3 is 8.92 Å². The Morgan fingerprint density at radius 3 is 2.81 bits per heavy atom. The van der Waals surface area contributed by atoms with E-state index in [0.717, 1.165) is 20.5 Å². The van der Waals surface area contributed by atoms with E-state index in [-0.39, 0.29) is 0 Å². The number of rotatable bonds is 3. The van der Waals surface area contributed by atoms with Gasteiger partial charge in [0.15, 0.2) is 0 Å². The van der Waals surface area contributed by atoms with E-state index in [1.54, 1.807) is 13.2 Å². The van der Waals surface area contributed by atoms with E-state index in [9.17, 15) is 0 Å². The zero-order valence-corrected chi connectivity index (χ0v) is 11.5. The number of halogens is 1. The third kappa shape index (κ3) is 4.72. The summed E-state index contributed by atoms with van der Waals surface area (Å²) >= 11 is 1.93. The molecular formula is C10H7B2IO2S. The molecule has 1 rings (SSSR count). The lowest BCUT2D eigenvalue weighted by atomic mass is 9.66. The van der Waals surface area contributed by atoms with Crippen LogP contribution in [0.5, 0.6) is 5.75 Å². The Kier molecular flexibility index (Phi) is 5.59. The minimum absolute atomic E-state index is 0.732. The second kappa shape index (κ2) is 6.48. The summed E-state index contributed by atoms with van der Waals surface area (Å²) in [6, 6.07) is 7.30. The Balaban J connectivity index is 2.83. The van der Waals surface area contributed by atoms with Crippen LogP contribution in [0.25, 0.3) is 0 Å². The first-order valence-electron chi connectivity index (χ1n) is 4.29. The number of methoxy groups -OCH3 is 1. The summed E-state index contributed by atoms with van der Waals surface area (Å²) in [5.74, 6) is 6.18. The summed E-state index contributed by atoms with van der Waals surface area (Å²) < 4.78 is 10.0. The molecular weight excluding hydrogens is 333 g/mol. The Morgan fingerprint density at radius 2 is 2.19 bits per heavy atom. The molecule has 2 nitrogen and oxygen atoms in total. The zero-order chi connectivity index (χ0) is 12.0. The van der Waals surface area contributed by atoms with Crippen LogP contribution in [0.1, 0.15) is 5.56 Å². The van der Waals surface area contributed by atoms with E-state index in [0.29, 0.717) is 0 Å². The summed E-state index contributed by atoms with van der Waals surface area (Å²) in [4.78, 5) is 0. The second-order valence-corrected chi connectivity index (χ2v) is 4.29. The third-order valence-corrected chi connectivity index (χ3v) is 2.52. The molecule has 0 bridgehead atoms. The van der Waals surface area contributed by atoms with Crippen molar-refractivity contribution >= 4 is 46.1 Å². The molecule has 0 spiro atoms. The van der Waals surface area contributed by atoms with E-state index >= 15 is 0 Å². The normalized spacial score (nSPS) is 10.4. The molecule has 0 aromatic heterocycles. The number of ether oxygens (including phenoxy) is 1. The largest absolute Gasteiger partial charge is 0.497 e. The molecule has 0 aliphatic heterocycles. The molecule has 0 saturated heterocycles. The molecule has 0 N–H and O–H groups in total. The molecule has 0 aliphatic rings. The minimum atomic E-state index is -1.45. The SMILES string of the molecule is [B]C([B])(C#Cc1cccc(OC)c1)OSI. The quantitative estimate of drug-likeness (QED) is 0.363. The van der Waals surface area contributed by atoms with E-state index in [1.165, 1.54) is 0 Å². The molecule has 0 fully saturated rings. The van der Waals surface area contributed by atoms with Gasteiger partial charge in [-0.25, -0.2) is 0 Å². The molecule has 1 aromatic rings. The highest BCUT2D eigenvalue weighted by Gasteiger charge is 2.13. The van der Waals surface area contributed by atoms with Gasteiger partial charge in [0.1, 0.15) is 21.4 Å². The minimum Gasteiger partial charge on any atom is -0.497 e. The van der Waals surface area contributed by atoms with Gasteiger partial charge in [0, 0.05) is 26.8 Å². The van der Waals surface area contributed by atoms with Crippen LogP contribution >= 0.6 is 30.4 Å². The number of hydrogen-bond acceptors (Lipinski definition) is 3. The van der Waals surface area contributed by atoms with Crippen molar-refractivity contribution in [2.45, 2.75) is 5.40 Å². The van der Waals surface area contributed by atoms with Crippen molar-refractivity contribution in [2.24, 2.45) is 0 Å². The predicted molar refractivity (Wildman–Crippen MR) is 76.8 cm³/mol. The maximum atomic E-state index is 5.57. The van der Waals surface area contributed by atoms with E-state index < -0.39 is 5.40 Å². The number of benzene rings is 1. The first kappa shape index (κ1) is 13.8. The van der Waals surface area contributed by atoms with E-state index in [4.69, 9.17) is 24.6 Å². The molecule has 4 radical (unpaired) electrons. The van der Waals surface area contributed by atoms with Crippen LogP contribution < -0.4 is 4.74 Å². The Labute approximate surface area is 114 Å². The fraction of sp³-hybridized carbons (Fsp3) is 0.200. The first-order chi connectivity index (χ1) is 7.57.